The van der Waals surface area contributed by atoms with E-state index < -0.39 is 6.04 Å². The van der Waals surface area contributed by atoms with E-state index >= 15 is 0 Å². The molecule has 3 N–H and O–H groups in total. The molecular weight excluding hydrogens is 571 g/mol. The summed E-state index contributed by atoms with van der Waals surface area (Å²) in [4.78, 5) is 28.6. The van der Waals surface area contributed by atoms with Gasteiger partial charge in [-0.15, -0.1) is 10.2 Å². The number of nitrogen functional groups attached to an aromatic ring is 1. The standard InChI is InChI=1S/C27H34Cl2N8O4/c1-3-18-14-36(25-23(29)31-21(24(30)32-25)26-34-33-20(15-38)41-26)12-13-37(18)19-8-10-35(11-9-19)22(27(39)40-2)16-4-6-17(28)7-5-16/h4-7,18-19,22,38H,3,8-15H2,1-2H3,(H2,30,32)/t18-,22+/m0/s1. The number of ether oxygens (including phenoxy) is 1. The van der Waals surface area contributed by atoms with E-state index in [0.29, 0.717) is 23.4 Å². The predicted octanol–water partition coefficient (Wildman–Crippen LogP) is 3.19. The quantitative estimate of drug-likeness (QED) is 0.364. The number of aliphatic hydroxyl groups excluding tert-OH is 1. The fraction of sp³-hybridized carbons (Fsp3) is 0.519. The average Bonchev–Trinajstić information content (AvgIpc) is 3.48. The maximum Gasteiger partial charge on any atom is 0.327 e. The Morgan fingerprint density at radius 3 is 2.51 bits per heavy atom. The number of carbonyl (C=O) groups excluding carboxylic acids is 1. The van der Waals surface area contributed by atoms with Crippen molar-refractivity contribution in [1.29, 1.82) is 0 Å². The van der Waals surface area contributed by atoms with Crippen LogP contribution in [0.25, 0.3) is 11.6 Å². The molecule has 2 atom stereocenters. The smallest absolute Gasteiger partial charge is 0.327 e. The van der Waals surface area contributed by atoms with Crippen LogP contribution < -0.4 is 10.6 Å². The first-order valence-electron chi connectivity index (χ1n) is 13.7. The molecule has 2 aliphatic rings. The van der Waals surface area contributed by atoms with E-state index in [0.717, 1.165) is 51.0 Å². The third-order valence-corrected chi connectivity index (χ3v) is 8.42. The molecule has 12 nitrogen and oxygen atoms in total. The van der Waals surface area contributed by atoms with Gasteiger partial charge >= 0.3 is 5.97 Å². The van der Waals surface area contributed by atoms with Crippen LogP contribution in [0.4, 0.5) is 11.6 Å². The van der Waals surface area contributed by atoms with Gasteiger partial charge < -0.3 is 24.9 Å². The van der Waals surface area contributed by atoms with Crippen molar-refractivity contribution in [2.45, 2.75) is 50.9 Å². The summed E-state index contributed by atoms with van der Waals surface area (Å²) in [7, 11) is 1.43. The van der Waals surface area contributed by atoms with Crippen molar-refractivity contribution in [3.63, 3.8) is 0 Å². The second-order valence-corrected chi connectivity index (χ2v) is 11.0. The third-order valence-electron chi connectivity index (χ3n) is 7.91. The normalized spacial score (nSPS) is 19.8. The first-order valence-corrected chi connectivity index (χ1v) is 14.4. The Balaban J connectivity index is 1.25. The molecule has 2 fully saturated rings. The van der Waals surface area contributed by atoms with Crippen LogP contribution in [-0.4, -0.2) is 93.0 Å². The van der Waals surface area contributed by atoms with Crippen LogP contribution in [-0.2, 0) is 16.1 Å². The van der Waals surface area contributed by atoms with Gasteiger partial charge in [0, 0.05) is 49.8 Å². The molecule has 0 spiro atoms. The third kappa shape index (κ3) is 6.26. The van der Waals surface area contributed by atoms with Crippen molar-refractivity contribution in [3.8, 4) is 11.6 Å². The molecule has 0 radical (unpaired) electrons. The highest BCUT2D eigenvalue weighted by atomic mass is 35.5. The Labute approximate surface area is 248 Å². The number of piperidine rings is 1. The Hall–Kier alpha value is -3.03. The van der Waals surface area contributed by atoms with Crippen LogP contribution in [0.2, 0.25) is 10.2 Å². The first-order chi connectivity index (χ1) is 19.8. The summed E-state index contributed by atoms with van der Waals surface area (Å²) in [6.45, 7) is 5.65. The lowest BCUT2D eigenvalue weighted by atomic mass is 9.95. The number of anilines is 2. The number of hydrogen-bond donors (Lipinski definition) is 2. The maximum absolute atomic E-state index is 12.8. The number of carbonyl (C=O) groups is 1. The Morgan fingerprint density at radius 2 is 1.88 bits per heavy atom. The molecule has 0 bridgehead atoms. The molecular formula is C27H34Cl2N8O4. The maximum atomic E-state index is 12.8. The summed E-state index contributed by atoms with van der Waals surface area (Å²) in [5.74, 6) is 0.496. The van der Waals surface area contributed by atoms with Crippen LogP contribution in [0.1, 0.15) is 43.7 Å². The number of halogens is 2. The number of hydrogen-bond acceptors (Lipinski definition) is 12. The number of aromatic nitrogens is 4. The van der Waals surface area contributed by atoms with Gasteiger partial charge in [-0.2, -0.15) is 0 Å². The summed E-state index contributed by atoms with van der Waals surface area (Å²) < 4.78 is 10.5. The van der Waals surface area contributed by atoms with E-state index in [4.69, 9.17) is 38.1 Å². The number of methoxy groups -OCH3 is 1. The van der Waals surface area contributed by atoms with Crippen LogP contribution in [0.3, 0.4) is 0 Å². The number of esters is 1. The lowest BCUT2D eigenvalue weighted by molar-refractivity contribution is -0.148. The van der Waals surface area contributed by atoms with Crippen molar-refractivity contribution >= 4 is 40.8 Å². The molecule has 2 aromatic heterocycles. The molecule has 1 aromatic carbocycles. The minimum Gasteiger partial charge on any atom is -0.468 e. The monoisotopic (exact) mass is 604 g/mol. The van der Waals surface area contributed by atoms with E-state index in [-0.39, 0.29) is 47.1 Å². The van der Waals surface area contributed by atoms with Crippen LogP contribution >= 0.6 is 23.2 Å². The highest BCUT2D eigenvalue weighted by Gasteiger charge is 2.37. The van der Waals surface area contributed by atoms with Crippen molar-refractivity contribution in [2.75, 3.05) is 50.5 Å². The first kappa shape index (κ1) is 29.5. The minimum atomic E-state index is -0.450. The second kappa shape index (κ2) is 12.9. The summed E-state index contributed by atoms with van der Waals surface area (Å²) in [6.07, 6.45) is 2.84. The Bertz CT molecular complexity index is 1350. The molecule has 0 unspecified atom stereocenters. The average molecular weight is 606 g/mol. The number of nitrogens with two attached hydrogens (primary N) is 1. The number of nitrogens with zero attached hydrogens (tertiary/aromatic N) is 7. The fourth-order valence-electron chi connectivity index (χ4n) is 5.82. The predicted molar refractivity (Wildman–Crippen MR) is 154 cm³/mol. The number of likely N-dealkylation sites (tertiary alicyclic amines) is 1. The van der Waals surface area contributed by atoms with Gasteiger partial charge in [-0.3, -0.25) is 9.80 Å². The van der Waals surface area contributed by atoms with Gasteiger partial charge in [0.2, 0.25) is 5.89 Å². The van der Waals surface area contributed by atoms with Crippen molar-refractivity contribution in [2.24, 2.45) is 0 Å². The van der Waals surface area contributed by atoms with E-state index in [2.05, 4.69) is 41.8 Å². The van der Waals surface area contributed by atoms with Crippen molar-refractivity contribution < 1.29 is 19.1 Å². The molecule has 2 aliphatic heterocycles. The van der Waals surface area contributed by atoms with E-state index in [1.54, 1.807) is 12.1 Å². The summed E-state index contributed by atoms with van der Waals surface area (Å²) in [6, 6.07) is 7.63. The largest absolute Gasteiger partial charge is 0.468 e. The summed E-state index contributed by atoms with van der Waals surface area (Å²) >= 11 is 12.6. The highest BCUT2D eigenvalue weighted by molar-refractivity contribution is 6.32. The number of piperazine rings is 1. The Morgan fingerprint density at radius 1 is 1.15 bits per heavy atom. The van der Waals surface area contributed by atoms with Gasteiger partial charge in [0.05, 0.1) is 7.11 Å². The highest BCUT2D eigenvalue weighted by Crippen LogP contribution is 2.33. The summed E-state index contributed by atoms with van der Waals surface area (Å²) in [5, 5.41) is 17.6. The molecule has 0 amide bonds. The molecule has 0 aliphatic carbocycles. The number of rotatable bonds is 8. The van der Waals surface area contributed by atoms with Gasteiger partial charge in [0.15, 0.2) is 22.5 Å². The molecule has 4 heterocycles. The van der Waals surface area contributed by atoms with Crippen LogP contribution in [0.15, 0.2) is 28.7 Å². The van der Waals surface area contributed by atoms with E-state index in [9.17, 15) is 9.90 Å². The molecule has 0 saturated carbocycles. The van der Waals surface area contributed by atoms with E-state index in [1.165, 1.54) is 7.11 Å². The summed E-state index contributed by atoms with van der Waals surface area (Å²) in [5.41, 5.74) is 7.28. The fourth-order valence-corrected chi connectivity index (χ4v) is 6.20. The van der Waals surface area contributed by atoms with Gasteiger partial charge in [-0.05, 0) is 37.0 Å². The van der Waals surface area contributed by atoms with Gasteiger partial charge in [0.25, 0.3) is 5.89 Å². The van der Waals surface area contributed by atoms with Crippen LogP contribution in [0, 0.1) is 0 Å². The number of aliphatic hydroxyl groups is 1. The minimum absolute atomic E-state index is 0.0555. The van der Waals surface area contributed by atoms with E-state index in [1.807, 2.05) is 12.1 Å². The van der Waals surface area contributed by atoms with Gasteiger partial charge in [0.1, 0.15) is 12.6 Å². The van der Waals surface area contributed by atoms with Crippen LogP contribution in [0.5, 0.6) is 0 Å². The molecule has 14 heteroatoms. The number of benzene rings is 1. The second-order valence-electron chi connectivity index (χ2n) is 10.2. The molecule has 5 rings (SSSR count). The zero-order valence-electron chi connectivity index (χ0n) is 23.0. The lowest BCUT2D eigenvalue weighted by Gasteiger charge is -2.48. The SMILES string of the molecule is CC[C@H]1CN(c2nc(N)c(-c3nnc(CO)o3)nc2Cl)CCN1C1CCN([C@@H](C(=O)OC)c2ccc(Cl)cc2)CC1. The zero-order valence-corrected chi connectivity index (χ0v) is 24.6. The topological polar surface area (TPSA) is 147 Å². The van der Waals surface area contributed by atoms with Gasteiger partial charge in [-0.1, -0.05) is 42.3 Å². The zero-order chi connectivity index (χ0) is 29.1. The molecule has 3 aromatic rings. The lowest BCUT2D eigenvalue weighted by Crippen LogP contribution is -2.59. The Kier molecular flexibility index (Phi) is 9.25. The molecule has 2 saturated heterocycles. The van der Waals surface area contributed by atoms with Crippen molar-refractivity contribution in [3.05, 3.63) is 45.9 Å². The molecule has 220 valence electrons. The molecule has 41 heavy (non-hydrogen) atoms. The van der Waals surface area contributed by atoms with Crippen molar-refractivity contribution in [1.82, 2.24) is 30.0 Å². The van der Waals surface area contributed by atoms with Gasteiger partial charge in [-0.25, -0.2) is 14.8 Å².